The lowest BCUT2D eigenvalue weighted by Gasteiger charge is -2.00. The van der Waals surface area contributed by atoms with E-state index in [1.807, 2.05) is 5.32 Å². The van der Waals surface area contributed by atoms with Gasteiger partial charge in [0.05, 0.1) is 6.07 Å². The minimum Gasteiger partial charge on any atom is -0.338 e. The second-order valence-electron chi connectivity index (χ2n) is 1.74. The van der Waals surface area contributed by atoms with Gasteiger partial charge in [-0.3, -0.25) is 10.1 Å². The third kappa shape index (κ3) is 4.90. The number of imide groups is 1. The number of hydrogen-bond acceptors (Lipinski definition) is 3. The van der Waals surface area contributed by atoms with E-state index in [1.165, 1.54) is 0 Å². The Balaban J connectivity index is 3.60. The summed E-state index contributed by atoms with van der Waals surface area (Å²) in [5.74, 6) is -0.585. The Bertz CT molecular complexity index is 194. The zero-order chi connectivity index (χ0) is 8.69. The number of carbonyl (C=O) groups is 2. The van der Waals surface area contributed by atoms with Crippen molar-refractivity contribution in [1.29, 1.82) is 5.26 Å². The highest BCUT2D eigenvalue weighted by molar-refractivity contribution is 5.94. The second-order valence-corrected chi connectivity index (χ2v) is 1.74. The monoisotopic (exact) mass is 155 g/mol. The molecule has 0 aromatic heterocycles. The maximum Gasteiger partial charge on any atom is 0.321 e. The molecule has 5 nitrogen and oxygen atoms in total. The average Bonchev–Trinajstić information content (AvgIpc) is 1.87. The molecule has 0 saturated carbocycles. The van der Waals surface area contributed by atoms with Crippen molar-refractivity contribution < 1.29 is 9.59 Å². The molecule has 0 aliphatic heterocycles. The molecule has 0 aromatic carbocycles. The molecule has 0 rings (SSSR count). The Hall–Kier alpha value is -1.57. The van der Waals surface area contributed by atoms with E-state index in [0.29, 0.717) is 6.54 Å². The zero-order valence-corrected chi connectivity index (χ0v) is 6.18. The van der Waals surface area contributed by atoms with Gasteiger partial charge in [-0.05, 0) is 6.92 Å². The molecule has 0 heterocycles. The number of hydrogen-bond donors (Lipinski definition) is 2. The van der Waals surface area contributed by atoms with Crippen molar-refractivity contribution >= 4 is 11.9 Å². The Morgan fingerprint density at radius 3 is 2.64 bits per heavy atom. The molecule has 0 atom stereocenters. The van der Waals surface area contributed by atoms with Gasteiger partial charge >= 0.3 is 6.03 Å². The molecule has 3 amide bonds. The van der Waals surface area contributed by atoms with Crippen LogP contribution in [-0.2, 0) is 4.79 Å². The number of urea groups is 1. The van der Waals surface area contributed by atoms with Crippen molar-refractivity contribution in [3.63, 3.8) is 0 Å². The third-order valence-electron chi connectivity index (χ3n) is 0.830. The van der Waals surface area contributed by atoms with E-state index < -0.39 is 11.9 Å². The molecular formula is C6H9N3O2. The van der Waals surface area contributed by atoms with E-state index in [-0.39, 0.29) is 6.42 Å². The standard InChI is InChI=1S/C6H9N3O2/c1-2-8-6(11)9-5(10)3-4-7/h2-3H2,1H3,(H2,8,9,10,11). The summed E-state index contributed by atoms with van der Waals surface area (Å²) >= 11 is 0. The van der Waals surface area contributed by atoms with Crippen LogP contribution >= 0.6 is 0 Å². The summed E-state index contributed by atoms with van der Waals surface area (Å²) < 4.78 is 0. The fourth-order valence-corrected chi connectivity index (χ4v) is 0.447. The van der Waals surface area contributed by atoms with Crippen LogP contribution in [0.25, 0.3) is 0 Å². The van der Waals surface area contributed by atoms with Gasteiger partial charge in [0, 0.05) is 6.54 Å². The van der Waals surface area contributed by atoms with Crippen LogP contribution in [-0.4, -0.2) is 18.5 Å². The van der Waals surface area contributed by atoms with E-state index in [2.05, 4.69) is 5.32 Å². The Morgan fingerprint density at radius 1 is 1.55 bits per heavy atom. The highest BCUT2D eigenvalue weighted by Gasteiger charge is 2.03. The molecule has 0 unspecified atom stereocenters. The van der Waals surface area contributed by atoms with Crippen molar-refractivity contribution in [3.8, 4) is 6.07 Å². The lowest BCUT2D eigenvalue weighted by molar-refractivity contribution is -0.119. The highest BCUT2D eigenvalue weighted by Crippen LogP contribution is 1.74. The van der Waals surface area contributed by atoms with Crippen LogP contribution in [0.1, 0.15) is 13.3 Å². The maximum atomic E-state index is 10.6. The molecule has 11 heavy (non-hydrogen) atoms. The normalized spacial score (nSPS) is 8.00. The van der Waals surface area contributed by atoms with E-state index in [4.69, 9.17) is 5.26 Å². The number of amides is 3. The van der Waals surface area contributed by atoms with Crippen LogP contribution in [0.4, 0.5) is 4.79 Å². The smallest absolute Gasteiger partial charge is 0.321 e. The molecule has 60 valence electrons. The van der Waals surface area contributed by atoms with Crippen LogP contribution in [0.15, 0.2) is 0 Å². The Kier molecular flexibility index (Phi) is 4.49. The van der Waals surface area contributed by atoms with Crippen LogP contribution in [0.3, 0.4) is 0 Å². The van der Waals surface area contributed by atoms with Gasteiger partial charge in [-0.25, -0.2) is 4.79 Å². The van der Waals surface area contributed by atoms with Crippen molar-refractivity contribution in [2.45, 2.75) is 13.3 Å². The number of nitrogens with zero attached hydrogens (tertiary/aromatic N) is 1. The lowest BCUT2D eigenvalue weighted by atomic mass is 10.4. The molecule has 0 fully saturated rings. The SMILES string of the molecule is CCNC(=O)NC(=O)CC#N. The van der Waals surface area contributed by atoms with Crippen molar-refractivity contribution in [3.05, 3.63) is 0 Å². The van der Waals surface area contributed by atoms with E-state index >= 15 is 0 Å². The summed E-state index contributed by atoms with van der Waals surface area (Å²) in [6.45, 7) is 2.18. The van der Waals surface area contributed by atoms with Gasteiger partial charge in [0.25, 0.3) is 0 Å². The van der Waals surface area contributed by atoms with Gasteiger partial charge in [-0.15, -0.1) is 0 Å². The van der Waals surface area contributed by atoms with E-state index in [0.717, 1.165) is 0 Å². The summed E-state index contributed by atoms with van der Waals surface area (Å²) in [4.78, 5) is 21.1. The Labute approximate surface area is 64.4 Å². The number of nitriles is 1. The zero-order valence-electron chi connectivity index (χ0n) is 6.18. The van der Waals surface area contributed by atoms with E-state index in [1.54, 1.807) is 13.0 Å². The molecule has 0 spiro atoms. The first kappa shape index (κ1) is 9.43. The predicted octanol–water partition coefficient (Wildman–Crippen LogP) is -0.254. The topological polar surface area (TPSA) is 82.0 Å². The first-order valence-electron chi connectivity index (χ1n) is 3.15. The number of rotatable bonds is 2. The molecule has 0 aromatic rings. The first-order valence-corrected chi connectivity index (χ1v) is 3.15. The summed E-state index contributed by atoms with van der Waals surface area (Å²) in [6, 6.07) is 1.06. The minimum absolute atomic E-state index is 0.295. The van der Waals surface area contributed by atoms with Crippen LogP contribution < -0.4 is 10.6 Å². The van der Waals surface area contributed by atoms with Crippen LogP contribution in [0, 0.1) is 11.3 Å². The van der Waals surface area contributed by atoms with Gasteiger partial charge in [-0.1, -0.05) is 0 Å². The maximum absolute atomic E-state index is 10.6. The fraction of sp³-hybridized carbons (Fsp3) is 0.500. The van der Waals surface area contributed by atoms with Gasteiger partial charge in [0.15, 0.2) is 0 Å². The third-order valence-corrected chi connectivity index (χ3v) is 0.830. The molecule has 0 saturated heterocycles. The largest absolute Gasteiger partial charge is 0.338 e. The molecule has 5 heteroatoms. The lowest BCUT2D eigenvalue weighted by Crippen LogP contribution is -2.38. The van der Waals surface area contributed by atoms with Gasteiger partial charge in [0.2, 0.25) is 5.91 Å². The highest BCUT2D eigenvalue weighted by atomic mass is 16.2. The van der Waals surface area contributed by atoms with Crippen molar-refractivity contribution in [2.75, 3.05) is 6.54 Å². The minimum atomic E-state index is -0.585. The van der Waals surface area contributed by atoms with Crippen molar-refractivity contribution in [2.24, 2.45) is 0 Å². The van der Waals surface area contributed by atoms with E-state index in [9.17, 15) is 9.59 Å². The number of carbonyl (C=O) groups excluding carboxylic acids is 2. The summed E-state index contributed by atoms with van der Waals surface area (Å²) in [5.41, 5.74) is 0. The summed E-state index contributed by atoms with van der Waals surface area (Å²) in [7, 11) is 0. The van der Waals surface area contributed by atoms with Gasteiger partial charge in [-0.2, -0.15) is 5.26 Å². The quantitative estimate of drug-likeness (QED) is 0.576. The number of nitrogens with one attached hydrogen (secondary N) is 2. The second kappa shape index (κ2) is 5.23. The molecule has 0 radical (unpaired) electrons. The van der Waals surface area contributed by atoms with Gasteiger partial charge in [0.1, 0.15) is 6.42 Å². The fourth-order valence-electron chi connectivity index (χ4n) is 0.447. The van der Waals surface area contributed by atoms with Crippen LogP contribution in [0.5, 0.6) is 0 Å². The first-order chi connectivity index (χ1) is 5.20. The van der Waals surface area contributed by atoms with Crippen molar-refractivity contribution in [1.82, 2.24) is 10.6 Å². The molecule has 0 bridgehead atoms. The molecule has 2 N–H and O–H groups in total. The predicted molar refractivity (Wildman–Crippen MR) is 37.4 cm³/mol. The van der Waals surface area contributed by atoms with Gasteiger partial charge < -0.3 is 5.32 Å². The summed E-state index contributed by atoms with van der Waals surface area (Å²) in [6.07, 6.45) is -0.295. The molecule has 0 aliphatic rings. The molecule has 0 aliphatic carbocycles. The average molecular weight is 155 g/mol. The molecular weight excluding hydrogens is 146 g/mol. The van der Waals surface area contributed by atoms with Crippen LogP contribution in [0.2, 0.25) is 0 Å². The summed E-state index contributed by atoms with van der Waals surface area (Å²) in [5, 5.41) is 12.4. The Morgan fingerprint density at radius 2 is 2.18 bits per heavy atom.